The highest BCUT2D eigenvalue weighted by molar-refractivity contribution is 7.89. The SMILES string of the molecule is O=C1[C@H](NS(=O)(=O)c2cc(F)cc(F)c2)CCN1Cc1ccccc1. The Hall–Kier alpha value is -2.32. The third-order valence-electron chi connectivity index (χ3n) is 3.96. The molecule has 5 nitrogen and oxygen atoms in total. The van der Waals surface area contributed by atoms with Gasteiger partial charge in [0, 0.05) is 19.2 Å². The molecule has 1 atom stereocenters. The third-order valence-corrected chi connectivity index (χ3v) is 5.41. The first-order valence-electron chi connectivity index (χ1n) is 7.66. The molecule has 1 heterocycles. The number of likely N-dealkylation sites (tertiary alicyclic amines) is 1. The van der Waals surface area contributed by atoms with E-state index in [9.17, 15) is 22.0 Å². The molecule has 1 N–H and O–H groups in total. The lowest BCUT2D eigenvalue weighted by molar-refractivity contribution is -0.129. The number of benzene rings is 2. The van der Waals surface area contributed by atoms with E-state index in [1.165, 1.54) is 0 Å². The van der Waals surface area contributed by atoms with E-state index >= 15 is 0 Å². The summed E-state index contributed by atoms with van der Waals surface area (Å²) in [6.45, 7) is 0.783. The molecule has 1 fully saturated rings. The zero-order chi connectivity index (χ0) is 18.0. The highest BCUT2D eigenvalue weighted by atomic mass is 32.2. The van der Waals surface area contributed by atoms with Crippen LogP contribution in [0.4, 0.5) is 8.78 Å². The van der Waals surface area contributed by atoms with Crippen molar-refractivity contribution >= 4 is 15.9 Å². The minimum Gasteiger partial charge on any atom is -0.337 e. The predicted octanol–water partition coefficient (Wildman–Crippen LogP) is 2.04. The summed E-state index contributed by atoms with van der Waals surface area (Å²) in [5.74, 6) is -2.35. The van der Waals surface area contributed by atoms with E-state index in [4.69, 9.17) is 0 Å². The lowest BCUT2D eigenvalue weighted by Gasteiger charge is -2.17. The molecule has 0 radical (unpaired) electrons. The van der Waals surface area contributed by atoms with E-state index in [0.29, 0.717) is 37.7 Å². The van der Waals surface area contributed by atoms with E-state index in [0.717, 1.165) is 5.56 Å². The molecule has 0 saturated carbocycles. The molecule has 8 heteroatoms. The summed E-state index contributed by atoms with van der Waals surface area (Å²) in [4.78, 5) is 13.4. The van der Waals surface area contributed by atoms with Crippen molar-refractivity contribution in [2.24, 2.45) is 0 Å². The standard InChI is InChI=1S/C17H16F2N2O3S/c18-13-8-14(19)10-15(9-13)25(23,24)20-16-6-7-21(17(16)22)11-12-4-2-1-3-5-12/h1-5,8-10,16,20H,6-7,11H2/t16-/m1/s1. The molecule has 1 aliphatic heterocycles. The second-order valence-corrected chi connectivity index (χ2v) is 7.53. The van der Waals surface area contributed by atoms with Crippen molar-refractivity contribution in [3.8, 4) is 0 Å². The Morgan fingerprint density at radius 2 is 1.72 bits per heavy atom. The molecule has 0 aromatic heterocycles. The first-order valence-corrected chi connectivity index (χ1v) is 9.14. The molecule has 0 spiro atoms. The Kier molecular flexibility index (Phi) is 4.82. The van der Waals surface area contributed by atoms with Crippen molar-refractivity contribution in [1.82, 2.24) is 9.62 Å². The van der Waals surface area contributed by atoms with Gasteiger partial charge in [0.2, 0.25) is 15.9 Å². The van der Waals surface area contributed by atoms with Gasteiger partial charge in [-0.25, -0.2) is 17.2 Å². The van der Waals surface area contributed by atoms with Gasteiger partial charge >= 0.3 is 0 Å². The van der Waals surface area contributed by atoms with Gasteiger partial charge in [-0.3, -0.25) is 4.79 Å². The molecule has 132 valence electrons. The number of nitrogens with zero attached hydrogens (tertiary/aromatic N) is 1. The largest absolute Gasteiger partial charge is 0.337 e. The van der Waals surface area contributed by atoms with Crippen LogP contribution in [0, 0.1) is 11.6 Å². The molecular weight excluding hydrogens is 350 g/mol. The van der Waals surface area contributed by atoms with E-state index in [2.05, 4.69) is 4.72 Å². The lowest BCUT2D eigenvalue weighted by Crippen LogP contribution is -2.41. The van der Waals surface area contributed by atoms with Crippen LogP contribution in [0.1, 0.15) is 12.0 Å². The molecule has 0 aliphatic carbocycles. The molecule has 0 unspecified atom stereocenters. The van der Waals surface area contributed by atoms with Crippen LogP contribution in [0.2, 0.25) is 0 Å². The molecule has 1 saturated heterocycles. The van der Waals surface area contributed by atoms with Crippen LogP contribution in [0.5, 0.6) is 0 Å². The summed E-state index contributed by atoms with van der Waals surface area (Å²) in [5, 5.41) is 0. The topological polar surface area (TPSA) is 66.5 Å². The maximum Gasteiger partial charge on any atom is 0.241 e. The number of hydrogen-bond acceptors (Lipinski definition) is 3. The number of amides is 1. The third kappa shape index (κ3) is 4.02. The van der Waals surface area contributed by atoms with Crippen LogP contribution in [0.25, 0.3) is 0 Å². The number of rotatable bonds is 5. The zero-order valence-corrected chi connectivity index (χ0v) is 14.0. The van der Waals surface area contributed by atoms with Crippen molar-refractivity contribution in [3.63, 3.8) is 0 Å². The Balaban J connectivity index is 1.72. The molecule has 0 bridgehead atoms. The second-order valence-electron chi connectivity index (χ2n) is 5.81. The van der Waals surface area contributed by atoms with Crippen LogP contribution < -0.4 is 4.72 Å². The predicted molar refractivity (Wildman–Crippen MR) is 86.9 cm³/mol. The highest BCUT2D eigenvalue weighted by Gasteiger charge is 2.35. The smallest absolute Gasteiger partial charge is 0.241 e. The molecule has 2 aromatic rings. The summed E-state index contributed by atoms with van der Waals surface area (Å²) in [5.41, 5.74) is 0.937. The van der Waals surface area contributed by atoms with E-state index in [1.807, 2.05) is 30.3 Å². The first kappa shape index (κ1) is 17.5. The van der Waals surface area contributed by atoms with Crippen molar-refractivity contribution in [2.45, 2.75) is 23.9 Å². The molecule has 25 heavy (non-hydrogen) atoms. The molecule has 1 aliphatic rings. The van der Waals surface area contributed by atoms with Gasteiger partial charge in [0.15, 0.2) is 0 Å². The van der Waals surface area contributed by atoms with Crippen LogP contribution >= 0.6 is 0 Å². The van der Waals surface area contributed by atoms with Gasteiger partial charge < -0.3 is 4.90 Å². The number of hydrogen-bond donors (Lipinski definition) is 1. The van der Waals surface area contributed by atoms with Gasteiger partial charge in [0.25, 0.3) is 0 Å². The Labute approximate surface area is 144 Å². The van der Waals surface area contributed by atoms with E-state index < -0.39 is 32.6 Å². The van der Waals surface area contributed by atoms with Crippen LogP contribution in [0.15, 0.2) is 53.4 Å². The van der Waals surface area contributed by atoms with Crippen molar-refractivity contribution < 1.29 is 22.0 Å². The van der Waals surface area contributed by atoms with Crippen molar-refractivity contribution in [2.75, 3.05) is 6.54 Å². The number of nitrogens with one attached hydrogen (secondary N) is 1. The van der Waals surface area contributed by atoms with E-state index in [1.54, 1.807) is 4.90 Å². The maximum atomic E-state index is 13.2. The molecule has 1 amide bonds. The molecule has 3 rings (SSSR count). The van der Waals surface area contributed by atoms with Gasteiger partial charge in [0.1, 0.15) is 17.7 Å². The minimum atomic E-state index is -4.20. The minimum absolute atomic E-state index is 0.294. The summed E-state index contributed by atoms with van der Waals surface area (Å²) >= 11 is 0. The average Bonchev–Trinajstić information content (AvgIpc) is 2.88. The maximum absolute atomic E-state index is 13.2. The van der Waals surface area contributed by atoms with Gasteiger partial charge in [-0.2, -0.15) is 4.72 Å². The van der Waals surface area contributed by atoms with E-state index in [-0.39, 0.29) is 5.91 Å². The molecule has 2 aromatic carbocycles. The van der Waals surface area contributed by atoms with Crippen LogP contribution in [0.3, 0.4) is 0 Å². The number of halogens is 2. The number of carbonyl (C=O) groups is 1. The van der Waals surface area contributed by atoms with Gasteiger partial charge in [-0.05, 0) is 24.1 Å². The van der Waals surface area contributed by atoms with Gasteiger partial charge in [-0.15, -0.1) is 0 Å². The number of sulfonamides is 1. The fourth-order valence-electron chi connectivity index (χ4n) is 2.75. The van der Waals surface area contributed by atoms with Crippen molar-refractivity contribution in [1.29, 1.82) is 0 Å². The van der Waals surface area contributed by atoms with Crippen LogP contribution in [-0.4, -0.2) is 31.8 Å². The van der Waals surface area contributed by atoms with Crippen LogP contribution in [-0.2, 0) is 21.4 Å². The highest BCUT2D eigenvalue weighted by Crippen LogP contribution is 2.19. The average molecular weight is 366 g/mol. The molecular formula is C17H16F2N2O3S. The Morgan fingerprint density at radius 1 is 1.08 bits per heavy atom. The Morgan fingerprint density at radius 3 is 2.36 bits per heavy atom. The summed E-state index contributed by atoms with van der Waals surface area (Å²) in [6.07, 6.45) is 0.294. The summed E-state index contributed by atoms with van der Waals surface area (Å²) in [6, 6.07) is 10.4. The zero-order valence-electron chi connectivity index (χ0n) is 13.2. The lowest BCUT2D eigenvalue weighted by atomic mass is 10.2. The quantitative estimate of drug-likeness (QED) is 0.881. The summed E-state index contributed by atoms with van der Waals surface area (Å²) in [7, 11) is -4.20. The second kappa shape index (κ2) is 6.89. The van der Waals surface area contributed by atoms with Crippen molar-refractivity contribution in [3.05, 3.63) is 65.7 Å². The monoisotopic (exact) mass is 366 g/mol. The summed E-state index contributed by atoms with van der Waals surface area (Å²) < 4.78 is 53.3. The Bertz CT molecular complexity index is 868. The van der Waals surface area contributed by atoms with Gasteiger partial charge in [-0.1, -0.05) is 30.3 Å². The first-order chi connectivity index (χ1) is 11.8. The fraction of sp³-hybridized carbons (Fsp3) is 0.235. The fourth-order valence-corrected chi connectivity index (χ4v) is 4.01. The van der Waals surface area contributed by atoms with Gasteiger partial charge in [0.05, 0.1) is 4.90 Å². The normalized spacial score (nSPS) is 17.9. The number of carbonyl (C=O) groups excluding carboxylic acids is 1.